The highest BCUT2D eigenvalue weighted by Crippen LogP contribution is 2.28. The van der Waals surface area contributed by atoms with Gasteiger partial charge in [0, 0.05) is 30.4 Å². The minimum Gasteiger partial charge on any atom is -0.377 e. The predicted molar refractivity (Wildman–Crippen MR) is 129 cm³/mol. The zero-order valence-electron chi connectivity index (χ0n) is 18.2. The number of rotatable bonds is 7. The molecule has 0 aliphatic carbocycles. The maximum Gasteiger partial charge on any atom is 0.256 e. The molecule has 1 heterocycles. The lowest BCUT2D eigenvalue weighted by molar-refractivity contribution is 0.102. The predicted octanol–water partition coefficient (Wildman–Crippen LogP) is 4.58. The Balaban J connectivity index is 1.50. The number of benzene rings is 3. The van der Waals surface area contributed by atoms with Crippen LogP contribution in [0.1, 0.15) is 21.7 Å². The maximum atomic E-state index is 13.0. The van der Waals surface area contributed by atoms with Crippen LogP contribution >= 0.6 is 11.8 Å². The lowest BCUT2D eigenvalue weighted by atomic mass is 10.1. The molecule has 0 bridgehead atoms. The summed E-state index contributed by atoms with van der Waals surface area (Å²) in [6.45, 7) is 2.03. The lowest BCUT2D eigenvalue weighted by Gasteiger charge is -2.17. The molecule has 1 N–H and O–H groups in total. The first-order valence-electron chi connectivity index (χ1n) is 10.2. The molecule has 0 radical (unpaired) electrons. The highest BCUT2D eigenvalue weighted by atomic mass is 32.2. The van der Waals surface area contributed by atoms with E-state index in [2.05, 4.69) is 25.7 Å². The Labute approximate surface area is 191 Å². The summed E-state index contributed by atoms with van der Waals surface area (Å²) in [5.74, 6) is 1.10. The standard InChI is InChI=1S/C24H24N6OS/c1-17-15-18(13-14-21(17)29(2)3)25-24(31)20-11-7-8-12-22(20)32-16-23-26-27-28-30(23)19-9-5-4-6-10-19/h4-15H,16H2,1-3H3,(H,25,31). The van der Waals surface area contributed by atoms with Gasteiger partial charge in [0.05, 0.1) is 17.0 Å². The number of thioether (sulfide) groups is 1. The Kier molecular flexibility index (Phi) is 6.51. The first-order valence-corrected chi connectivity index (χ1v) is 11.2. The number of hydrogen-bond acceptors (Lipinski definition) is 6. The van der Waals surface area contributed by atoms with E-state index in [-0.39, 0.29) is 5.91 Å². The third-order valence-electron chi connectivity index (χ3n) is 4.96. The molecule has 0 atom stereocenters. The average Bonchev–Trinajstić information content (AvgIpc) is 3.27. The number of carbonyl (C=O) groups excluding carboxylic acids is 1. The molecule has 1 aromatic heterocycles. The third-order valence-corrected chi connectivity index (χ3v) is 6.03. The first kappa shape index (κ1) is 21.6. The first-order chi connectivity index (χ1) is 15.5. The fraction of sp³-hybridized carbons (Fsp3) is 0.167. The summed E-state index contributed by atoms with van der Waals surface area (Å²) < 4.78 is 1.71. The molecule has 1 amide bonds. The van der Waals surface area contributed by atoms with Gasteiger partial charge in [0.1, 0.15) is 0 Å². The molecule has 32 heavy (non-hydrogen) atoms. The number of carbonyl (C=O) groups is 1. The number of tetrazole rings is 1. The van der Waals surface area contributed by atoms with Crippen molar-refractivity contribution in [2.45, 2.75) is 17.6 Å². The van der Waals surface area contributed by atoms with Crippen LogP contribution in [0.4, 0.5) is 11.4 Å². The number of hydrogen-bond donors (Lipinski definition) is 1. The van der Waals surface area contributed by atoms with Gasteiger partial charge in [-0.1, -0.05) is 30.3 Å². The van der Waals surface area contributed by atoms with Gasteiger partial charge < -0.3 is 10.2 Å². The summed E-state index contributed by atoms with van der Waals surface area (Å²) in [7, 11) is 4.00. The van der Waals surface area contributed by atoms with Crippen LogP contribution in [-0.2, 0) is 5.75 Å². The molecule has 0 fully saturated rings. The van der Waals surface area contributed by atoms with Gasteiger partial charge in [-0.3, -0.25) is 4.79 Å². The molecule has 7 nitrogen and oxygen atoms in total. The summed E-state index contributed by atoms with van der Waals surface area (Å²) in [6, 6.07) is 23.2. The van der Waals surface area contributed by atoms with Crippen LogP contribution in [0.2, 0.25) is 0 Å². The van der Waals surface area contributed by atoms with Crippen LogP contribution < -0.4 is 10.2 Å². The summed E-state index contributed by atoms with van der Waals surface area (Å²) in [5.41, 5.74) is 4.51. The number of anilines is 2. The van der Waals surface area contributed by atoms with Gasteiger partial charge in [0.25, 0.3) is 5.91 Å². The minimum atomic E-state index is -0.146. The van der Waals surface area contributed by atoms with Crippen LogP contribution in [0.15, 0.2) is 77.7 Å². The molecule has 4 aromatic rings. The summed E-state index contributed by atoms with van der Waals surface area (Å²) in [5, 5.41) is 15.1. The van der Waals surface area contributed by atoms with Crippen molar-refractivity contribution < 1.29 is 4.79 Å². The van der Waals surface area contributed by atoms with Crippen LogP contribution in [0.25, 0.3) is 5.69 Å². The van der Waals surface area contributed by atoms with Crippen molar-refractivity contribution >= 4 is 29.0 Å². The van der Waals surface area contributed by atoms with E-state index in [0.717, 1.165) is 27.5 Å². The summed E-state index contributed by atoms with van der Waals surface area (Å²) in [6.07, 6.45) is 0. The Morgan fingerprint density at radius 2 is 1.78 bits per heavy atom. The second-order valence-electron chi connectivity index (χ2n) is 7.48. The Hall–Kier alpha value is -3.65. The molecule has 0 aliphatic rings. The van der Waals surface area contributed by atoms with Crippen molar-refractivity contribution in [3.63, 3.8) is 0 Å². The van der Waals surface area contributed by atoms with E-state index < -0.39 is 0 Å². The van der Waals surface area contributed by atoms with Gasteiger partial charge in [-0.25, -0.2) is 0 Å². The quantitative estimate of drug-likeness (QED) is 0.421. The van der Waals surface area contributed by atoms with Gasteiger partial charge in [0.2, 0.25) is 0 Å². The van der Waals surface area contributed by atoms with E-state index >= 15 is 0 Å². The number of aromatic nitrogens is 4. The maximum absolute atomic E-state index is 13.0. The smallest absolute Gasteiger partial charge is 0.256 e. The third kappa shape index (κ3) is 4.81. The molecular weight excluding hydrogens is 420 g/mol. The van der Waals surface area contributed by atoms with Gasteiger partial charge in [-0.15, -0.1) is 16.9 Å². The molecule has 3 aromatic carbocycles. The fourth-order valence-electron chi connectivity index (χ4n) is 3.42. The van der Waals surface area contributed by atoms with Crippen LogP contribution in [0.3, 0.4) is 0 Å². The second-order valence-corrected chi connectivity index (χ2v) is 8.49. The van der Waals surface area contributed by atoms with Gasteiger partial charge in [-0.05, 0) is 65.4 Å². The van der Waals surface area contributed by atoms with Crippen molar-refractivity contribution in [1.29, 1.82) is 0 Å². The molecule has 0 aliphatic heterocycles. The van der Waals surface area contributed by atoms with Crippen molar-refractivity contribution in [1.82, 2.24) is 20.2 Å². The van der Waals surface area contributed by atoms with E-state index in [0.29, 0.717) is 17.1 Å². The van der Waals surface area contributed by atoms with E-state index in [1.807, 2.05) is 93.8 Å². The molecule has 0 spiro atoms. The van der Waals surface area contributed by atoms with Gasteiger partial charge in [0.15, 0.2) is 5.82 Å². The van der Waals surface area contributed by atoms with Crippen molar-refractivity contribution in [2.75, 3.05) is 24.3 Å². The molecule has 8 heteroatoms. The number of nitrogens with zero attached hydrogens (tertiary/aromatic N) is 5. The normalized spacial score (nSPS) is 10.7. The molecule has 0 saturated carbocycles. The SMILES string of the molecule is Cc1cc(NC(=O)c2ccccc2SCc2nnnn2-c2ccccc2)ccc1N(C)C. The van der Waals surface area contributed by atoms with E-state index in [1.54, 1.807) is 4.68 Å². The number of amides is 1. The minimum absolute atomic E-state index is 0.146. The number of nitrogens with one attached hydrogen (secondary N) is 1. The molecule has 162 valence electrons. The van der Waals surface area contributed by atoms with E-state index in [9.17, 15) is 4.79 Å². The van der Waals surface area contributed by atoms with E-state index in [1.165, 1.54) is 11.8 Å². The lowest BCUT2D eigenvalue weighted by Crippen LogP contribution is -2.14. The van der Waals surface area contributed by atoms with Crippen LogP contribution in [0, 0.1) is 6.92 Å². The Bertz CT molecular complexity index is 1220. The molecule has 4 rings (SSSR count). The van der Waals surface area contributed by atoms with Crippen LogP contribution in [-0.4, -0.2) is 40.2 Å². The van der Waals surface area contributed by atoms with Crippen molar-refractivity contribution in [3.8, 4) is 5.69 Å². The monoisotopic (exact) mass is 444 g/mol. The zero-order valence-corrected chi connectivity index (χ0v) is 19.0. The highest BCUT2D eigenvalue weighted by molar-refractivity contribution is 7.98. The number of para-hydroxylation sites is 1. The zero-order chi connectivity index (χ0) is 22.5. The Morgan fingerprint density at radius 3 is 2.53 bits per heavy atom. The van der Waals surface area contributed by atoms with Gasteiger partial charge >= 0.3 is 0 Å². The Morgan fingerprint density at radius 1 is 1.03 bits per heavy atom. The van der Waals surface area contributed by atoms with E-state index in [4.69, 9.17) is 0 Å². The largest absolute Gasteiger partial charge is 0.377 e. The fourth-order valence-corrected chi connectivity index (χ4v) is 4.38. The molecule has 0 unspecified atom stereocenters. The van der Waals surface area contributed by atoms with Crippen LogP contribution in [0.5, 0.6) is 0 Å². The molecular formula is C24H24N6OS. The summed E-state index contributed by atoms with van der Waals surface area (Å²) in [4.78, 5) is 16.0. The number of aryl methyl sites for hydroxylation is 1. The average molecular weight is 445 g/mol. The summed E-state index contributed by atoms with van der Waals surface area (Å²) >= 11 is 1.53. The second kappa shape index (κ2) is 9.65. The molecule has 0 saturated heterocycles. The van der Waals surface area contributed by atoms with Crippen molar-refractivity contribution in [2.24, 2.45) is 0 Å². The topological polar surface area (TPSA) is 75.9 Å². The highest BCUT2D eigenvalue weighted by Gasteiger charge is 2.15. The van der Waals surface area contributed by atoms with Gasteiger partial charge in [-0.2, -0.15) is 4.68 Å². The van der Waals surface area contributed by atoms with Crippen molar-refractivity contribution in [3.05, 3.63) is 89.7 Å².